The Bertz CT molecular complexity index is 453. The minimum absolute atomic E-state index is 0.0135. The number of hydrogen-bond donors (Lipinski definition) is 2. The molecule has 1 aromatic carbocycles. The van der Waals surface area contributed by atoms with Crippen molar-refractivity contribution in [2.75, 3.05) is 12.9 Å². The van der Waals surface area contributed by atoms with Crippen LogP contribution in [0, 0.1) is 0 Å². The fraction of sp³-hybridized carbons (Fsp3) is 0.500. The van der Waals surface area contributed by atoms with E-state index in [4.69, 9.17) is 5.11 Å². The Kier molecular flexibility index (Phi) is 4.68. The number of aliphatic hydroxyl groups is 1. The summed E-state index contributed by atoms with van der Waals surface area (Å²) in [5.41, 5.74) is 0.998. The molecule has 1 aromatic rings. The Balaban J connectivity index is 2.81. The lowest BCUT2D eigenvalue weighted by molar-refractivity contribution is 0.243. The monoisotopic (exact) mass is 257 g/mol. The number of nitrogens with one attached hydrogen (secondary N) is 1. The summed E-state index contributed by atoms with van der Waals surface area (Å²) < 4.78 is 22.6. The van der Waals surface area contributed by atoms with Crippen LogP contribution in [0.2, 0.25) is 0 Å². The van der Waals surface area contributed by atoms with Crippen molar-refractivity contribution in [1.29, 1.82) is 0 Å². The van der Waals surface area contributed by atoms with E-state index in [1.807, 2.05) is 13.8 Å². The molecule has 2 unspecified atom stereocenters. The summed E-state index contributed by atoms with van der Waals surface area (Å²) in [7, 11) is -3.13. The van der Waals surface area contributed by atoms with Crippen LogP contribution in [-0.4, -0.2) is 32.4 Å². The van der Waals surface area contributed by atoms with Gasteiger partial charge in [0.05, 0.1) is 11.5 Å². The normalized spacial score (nSPS) is 15.5. The Hall–Kier alpha value is -0.910. The van der Waals surface area contributed by atoms with Gasteiger partial charge in [0.15, 0.2) is 9.84 Å². The Morgan fingerprint density at radius 3 is 2.18 bits per heavy atom. The van der Waals surface area contributed by atoms with E-state index in [2.05, 4.69) is 5.32 Å². The molecular formula is C12H19NO3S. The molecule has 0 amide bonds. The summed E-state index contributed by atoms with van der Waals surface area (Å²) in [6.45, 7) is 3.94. The van der Waals surface area contributed by atoms with Gasteiger partial charge in [-0.15, -0.1) is 0 Å². The molecule has 17 heavy (non-hydrogen) atoms. The molecule has 0 bridgehead atoms. The van der Waals surface area contributed by atoms with E-state index in [-0.39, 0.29) is 18.7 Å². The zero-order chi connectivity index (χ0) is 13.1. The second-order valence-electron chi connectivity index (χ2n) is 4.31. The molecule has 0 fully saturated rings. The van der Waals surface area contributed by atoms with Crippen LogP contribution in [0.1, 0.15) is 25.5 Å². The fourth-order valence-corrected chi connectivity index (χ4v) is 2.21. The summed E-state index contributed by atoms with van der Waals surface area (Å²) in [4.78, 5) is 0.323. The number of rotatable bonds is 5. The Morgan fingerprint density at radius 2 is 1.76 bits per heavy atom. The molecule has 5 heteroatoms. The second-order valence-corrected chi connectivity index (χ2v) is 6.33. The molecule has 0 aromatic heterocycles. The van der Waals surface area contributed by atoms with Crippen LogP contribution in [0.5, 0.6) is 0 Å². The van der Waals surface area contributed by atoms with E-state index in [0.29, 0.717) is 4.90 Å². The first-order chi connectivity index (χ1) is 7.84. The van der Waals surface area contributed by atoms with Gasteiger partial charge < -0.3 is 10.4 Å². The van der Waals surface area contributed by atoms with Gasteiger partial charge in [-0.3, -0.25) is 0 Å². The molecule has 0 aliphatic rings. The number of benzene rings is 1. The lowest BCUT2D eigenvalue weighted by atomic mass is 10.1. The molecule has 0 saturated heterocycles. The van der Waals surface area contributed by atoms with Gasteiger partial charge in [-0.25, -0.2) is 8.42 Å². The topological polar surface area (TPSA) is 66.4 Å². The standard InChI is InChI=1S/C12H19NO3S/c1-9(8-14)13-10(2)11-4-6-12(7-5-11)17(3,15)16/h4-7,9-10,13-14H,8H2,1-3H3. The Labute approximate surface area is 103 Å². The van der Waals surface area contributed by atoms with E-state index >= 15 is 0 Å². The van der Waals surface area contributed by atoms with E-state index in [1.54, 1.807) is 24.3 Å². The fourth-order valence-electron chi connectivity index (χ4n) is 1.58. The Morgan fingerprint density at radius 1 is 1.24 bits per heavy atom. The first kappa shape index (κ1) is 14.2. The highest BCUT2D eigenvalue weighted by Gasteiger charge is 2.11. The van der Waals surface area contributed by atoms with Crippen molar-refractivity contribution in [1.82, 2.24) is 5.32 Å². The molecule has 1 rings (SSSR count). The summed E-state index contributed by atoms with van der Waals surface area (Å²) in [6.07, 6.45) is 1.19. The third-order valence-corrected chi connectivity index (χ3v) is 3.75. The van der Waals surface area contributed by atoms with Crippen molar-refractivity contribution in [3.05, 3.63) is 29.8 Å². The quantitative estimate of drug-likeness (QED) is 0.829. The average Bonchev–Trinajstić information content (AvgIpc) is 2.27. The van der Waals surface area contributed by atoms with Crippen molar-refractivity contribution in [3.63, 3.8) is 0 Å². The van der Waals surface area contributed by atoms with E-state index in [9.17, 15) is 8.42 Å². The van der Waals surface area contributed by atoms with Crippen LogP contribution >= 0.6 is 0 Å². The first-order valence-electron chi connectivity index (χ1n) is 5.51. The van der Waals surface area contributed by atoms with Crippen LogP contribution in [0.25, 0.3) is 0 Å². The van der Waals surface area contributed by atoms with Crippen LogP contribution < -0.4 is 5.32 Å². The molecule has 2 N–H and O–H groups in total. The predicted octanol–water partition coefficient (Wildman–Crippen LogP) is 1.12. The largest absolute Gasteiger partial charge is 0.395 e. The minimum Gasteiger partial charge on any atom is -0.395 e. The summed E-state index contributed by atoms with van der Waals surface area (Å²) >= 11 is 0. The molecule has 0 saturated carbocycles. The van der Waals surface area contributed by atoms with Gasteiger partial charge >= 0.3 is 0 Å². The maximum atomic E-state index is 11.3. The molecule has 2 atom stereocenters. The van der Waals surface area contributed by atoms with Gasteiger partial charge in [-0.05, 0) is 31.5 Å². The van der Waals surface area contributed by atoms with Crippen molar-refractivity contribution in [2.45, 2.75) is 30.8 Å². The minimum atomic E-state index is -3.13. The van der Waals surface area contributed by atoms with E-state index in [1.165, 1.54) is 6.26 Å². The molecule has 0 aliphatic heterocycles. The number of hydrogen-bond acceptors (Lipinski definition) is 4. The third kappa shape index (κ3) is 4.11. The molecular weight excluding hydrogens is 238 g/mol. The van der Waals surface area contributed by atoms with Gasteiger partial charge in [0.2, 0.25) is 0 Å². The van der Waals surface area contributed by atoms with Gasteiger partial charge in [0, 0.05) is 18.3 Å². The molecule has 0 spiro atoms. The first-order valence-corrected chi connectivity index (χ1v) is 7.40. The molecule has 0 radical (unpaired) electrons. The van der Waals surface area contributed by atoms with Crippen LogP contribution in [-0.2, 0) is 9.84 Å². The maximum Gasteiger partial charge on any atom is 0.175 e. The second kappa shape index (κ2) is 5.62. The summed E-state index contributed by atoms with van der Waals surface area (Å²) in [6, 6.07) is 6.88. The zero-order valence-electron chi connectivity index (χ0n) is 10.3. The van der Waals surface area contributed by atoms with Crippen molar-refractivity contribution >= 4 is 9.84 Å². The van der Waals surface area contributed by atoms with Gasteiger partial charge in [0.25, 0.3) is 0 Å². The highest BCUT2D eigenvalue weighted by Crippen LogP contribution is 2.16. The lowest BCUT2D eigenvalue weighted by Crippen LogP contribution is -2.31. The average molecular weight is 257 g/mol. The zero-order valence-corrected chi connectivity index (χ0v) is 11.2. The maximum absolute atomic E-state index is 11.3. The van der Waals surface area contributed by atoms with Gasteiger partial charge in [-0.1, -0.05) is 12.1 Å². The number of aliphatic hydroxyl groups excluding tert-OH is 1. The van der Waals surface area contributed by atoms with Crippen LogP contribution in [0.3, 0.4) is 0 Å². The summed E-state index contributed by atoms with van der Waals surface area (Å²) in [5.74, 6) is 0. The van der Waals surface area contributed by atoms with Crippen LogP contribution in [0.15, 0.2) is 29.2 Å². The highest BCUT2D eigenvalue weighted by molar-refractivity contribution is 7.90. The molecule has 96 valence electrons. The molecule has 0 heterocycles. The highest BCUT2D eigenvalue weighted by atomic mass is 32.2. The van der Waals surface area contributed by atoms with Crippen molar-refractivity contribution in [3.8, 4) is 0 Å². The number of sulfone groups is 1. The molecule has 0 aliphatic carbocycles. The van der Waals surface area contributed by atoms with Gasteiger partial charge in [-0.2, -0.15) is 0 Å². The van der Waals surface area contributed by atoms with Crippen molar-refractivity contribution < 1.29 is 13.5 Å². The summed E-state index contributed by atoms with van der Waals surface area (Å²) in [5, 5.41) is 12.1. The lowest BCUT2D eigenvalue weighted by Gasteiger charge is -2.18. The van der Waals surface area contributed by atoms with E-state index in [0.717, 1.165) is 5.56 Å². The predicted molar refractivity (Wildman–Crippen MR) is 67.7 cm³/mol. The van der Waals surface area contributed by atoms with E-state index < -0.39 is 9.84 Å². The SMILES string of the molecule is CC(CO)NC(C)c1ccc(S(C)(=O)=O)cc1. The smallest absolute Gasteiger partial charge is 0.175 e. The van der Waals surface area contributed by atoms with Crippen LogP contribution in [0.4, 0.5) is 0 Å². The van der Waals surface area contributed by atoms with Gasteiger partial charge in [0.1, 0.15) is 0 Å². The van der Waals surface area contributed by atoms with Crippen molar-refractivity contribution in [2.24, 2.45) is 0 Å². The third-order valence-electron chi connectivity index (χ3n) is 2.62. The molecule has 4 nitrogen and oxygen atoms in total.